The Balaban J connectivity index is 1.67. The van der Waals surface area contributed by atoms with Crippen LogP contribution in [0.4, 0.5) is 11.6 Å². The first-order chi connectivity index (χ1) is 17.9. The van der Waals surface area contributed by atoms with Gasteiger partial charge in [0.25, 0.3) is 0 Å². The summed E-state index contributed by atoms with van der Waals surface area (Å²) in [6.45, 7) is 9.56. The second-order valence-corrected chi connectivity index (χ2v) is 8.51. The van der Waals surface area contributed by atoms with Gasteiger partial charge in [0.15, 0.2) is 12.6 Å². The maximum Gasteiger partial charge on any atom is 0.199 e. The summed E-state index contributed by atoms with van der Waals surface area (Å²) in [5, 5.41) is 16.4. The Morgan fingerprint density at radius 3 is 1.76 bits per heavy atom. The average Bonchev–Trinajstić information content (AvgIpc) is 2.89. The Labute approximate surface area is 219 Å². The van der Waals surface area contributed by atoms with Crippen molar-refractivity contribution < 1.29 is 18.9 Å². The van der Waals surface area contributed by atoms with Gasteiger partial charge in [-0.25, -0.2) is 4.98 Å². The van der Waals surface area contributed by atoms with Crippen molar-refractivity contribution in [3.05, 3.63) is 77.9 Å². The Morgan fingerprint density at radius 1 is 0.811 bits per heavy atom. The number of para-hydroxylation sites is 2. The van der Waals surface area contributed by atoms with E-state index in [1.54, 1.807) is 0 Å². The number of pyridine rings is 1. The summed E-state index contributed by atoms with van der Waals surface area (Å²) in [7, 11) is 0. The molecule has 0 spiro atoms. The topological polar surface area (TPSA) is 97.7 Å². The molecule has 0 aliphatic carbocycles. The van der Waals surface area contributed by atoms with Crippen molar-refractivity contribution in [2.24, 2.45) is 0 Å². The van der Waals surface area contributed by atoms with E-state index in [0.717, 1.165) is 17.1 Å². The van der Waals surface area contributed by atoms with Gasteiger partial charge in [0, 0.05) is 0 Å². The maximum absolute atomic E-state index is 9.78. The molecule has 0 radical (unpaired) electrons. The minimum atomic E-state index is -0.503. The second-order valence-electron chi connectivity index (χ2n) is 8.51. The number of rotatable bonds is 14. The lowest BCUT2D eigenvalue weighted by Gasteiger charge is -2.26. The molecule has 3 aromatic rings. The van der Waals surface area contributed by atoms with E-state index in [1.165, 1.54) is 0 Å². The predicted molar refractivity (Wildman–Crippen MR) is 144 cm³/mol. The molecule has 0 bridgehead atoms. The third-order valence-electron chi connectivity index (χ3n) is 5.48. The van der Waals surface area contributed by atoms with Gasteiger partial charge < -0.3 is 29.6 Å². The fraction of sp³-hybridized carbons (Fsp3) is 0.379. The summed E-state index contributed by atoms with van der Waals surface area (Å²) in [6.07, 6.45) is -0.408. The first-order valence-corrected chi connectivity index (χ1v) is 12.6. The van der Waals surface area contributed by atoms with E-state index in [4.69, 9.17) is 18.9 Å². The number of nitrogens with zero attached hydrogens (tertiary/aromatic N) is 2. The van der Waals surface area contributed by atoms with Crippen LogP contribution in [-0.2, 0) is 9.47 Å². The molecule has 0 aliphatic heterocycles. The van der Waals surface area contributed by atoms with Crippen LogP contribution in [0.2, 0.25) is 0 Å². The van der Waals surface area contributed by atoms with Gasteiger partial charge in [-0.2, -0.15) is 5.26 Å². The number of aryl methyl sites for hydroxylation is 1. The molecule has 0 aliphatic rings. The van der Waals surface area contributed by atoms with Gasteiger partial charge in [-0.15, -0.1) is 0 Å². The molecule has 0 amide bonds. The molecule has 8 heteroatoms. The smallest absolute Gasteiger partial charge is 0.199 e. The fourth-order valence-electron chi connectivity index (χ4n) is 3.67. The normalized spacial score (nSPS) is 14.1. The van der Waals surface area contributed by atoms with Crippen LogP contribution in [0.1, 0.15) is 51.7 Å². The zero-order valence-corrected chi connectivity index (χ0v) is 22.1. The Kier molecular flexibility index (Phi) is 10.6. The van der Waals surface area contributed by atoms with E-state index in [9.17, 15) is 5.26 Å². The van der Waals surface area contributed by atoms with Crippen molar-refractivity contribution in [1.29, 1.82) is 5.26 Å². The van der Waals surface area contributed by atoms with Gasteiger partial charge >= 0.3 is 0 Å². The van der Waals surface area contributed by atoms with E-state index >= 15 is 0 Å². The van der Waals surface area contributed by atoms with E-state index in [1.807, 2.05) is 101 Å². The van der Waals surface area contributed by atoms with Crippen LogP contribution in [0.25, 0.3) is 0 Å². The van der Waals surface area contributed by atoms with Crippen molar-refractivity contribution in [2.75, 3.05) is 10.6 Å². The molecule has 0 saturated carbocycles. The number of nitrogens with one attached hydrogen (secondary N) is 2. The molecule has 0 fully saturated rings. The number of aromatic nitrogens is 1. The molecule has 37 heavy (non-hydrogen) atoms. The largest absolute Gasteiger partial charge is 0.465 e. The summed E-state index contributed by atoms with van der Waals surface area (Å²) < 4.78 is 23.8. The summed E-state index contributed by atoms with van der Waals surface area (Å²) in [5.41, 5.74) is 1.24. The van der Waals surface area contributed by atoms with Crippen molar-refractivity contribution in [3.63, 3.8) is 0 Å². The fourth-order valence-corrected chi connectivity index (χ4v) is 3.67. The minimum Gasteiger partial charge on any atom is -0.465 e. The highest BCUT2D eigenvalue weighted by Gasteiger charge is 2.19. The molecule has 4 atom stereocenters. The highest BCUT2D eigenvalue weighted by Crippen LogP contribution is 2.24. The van der Waals surface area contributed by atoms with Crippen molar-refractivity contribution in [3.8, 4) is 17.6 Å². The summed E-state index contributed by atoms with van der Waals surface area (Å²) in [5.74, 6) is 2.48. The number of ether oxygens (including phenoxy) is 4. The number of benzene rings is 2. The molecular weight excluding hydrogens is 468 g/mol. The van der Waals surface area contributed by atoms with Gasteiger partial charge in [0.2, 0.25) is 0 Å². The van der Waals surface area contributed by atoms with Crippen molar-refractivity contribution in [1.82, 2.24) is 4.98 Å². The minimum absolute atomic E-state index is 0.344. The van der Waals surface area contributed by atoms with Crippen molar-refractivity contribution in [2.45, 2.75) is 72.5 Å². The highest BCUT2D eigenvalue weighted by atomic mass is 16.7. The number of nitriles is 1. The lowest BCUT2D eigenvalue weighted by molar-refractivity contribution is -0.0988. The van der Waals surface area contributed by atoms with E-state index in [0.29, 0.717) is 30.0 Å². The molecule has 3 rings (SSSR count). The lowest BCUT2D eigenvalue weighted by Crippen LogP contribution is -2.31. The van der Waals surface area contributed by atoms with Crippen molar-refractivity contribution >= 4 is 11.6 Å². The molecule has 2 N–H and O–H groups in total. The van der Waals surface area contributed by atoms with Crippen LogP contribution in [0.15, 0.2) is 66.7 Å². The molecule has 0 saturated heterocycles. The quantitative estimate of drug-likeness (QED) is 0.242. The number of hydrogen-bond donors (Lipinski definition) is 2. The van der Waals surface area contributed by atoms with Crippen LogP contribution in [0.3, 0.4) is 0 Å². The van der Waals surface area contributed by atoms with Crippen LogP contribution >= 0.6 is 0 Å². The summed E-state index contributed by atoms with van der Waals surface area (Å²) in [4.78, 5) is 4.68. The van der Waals surface area contributed by atoms with Gasteiger partial charge in [-0.05, 0) is 69.5 Å². The Morgan fingerprint density at radius 2 is 1.30 bits per heavy atom. The maximum atomic E-state index is 9.78. The molecule has 4 unspecified atom stereocenters. The van der Waals surface area contributed by atoms with Crippen LogP contribution in [-0.4, -0.2) is 30.0 Å². The molecular formula is C29H36N4O4. The average molecular weight is 505 g/mol. The third kappa shape index (κ3) is 8.67. The Hall–Kier alpha value is -3.80. The molecule has 1 aromatic heterocycles. The first-order valence-electron chi connectivity index (χ1n) is 12.6. The lowest BCUT2D eigenvalue weighted by atomic mass is 10.1. The van der Waals surface area contributed by atoms with Crippen LogP contribution in [0.5, 0.6) is 11.5 Å². The van der Waals surface area contributed by atoms with E-state index < -0.39 is 18.8 Å². The molecule has 2 aromatic carbocycles. The van der Waals surface area contributed by atoms with E-state index in [2.05, 4.69) is 21.7 Å². The zero-order valence-electron chi connectivity index (χ0n) is 22.1. The monoisotopic (exact) mass is 504 g/mol. The number of hydrogen-bond acceptors (Lipinski definition) is 8. The van der Waals surface area contributed by atoms with Crippen LogP contribution in [0, 0.1) is 18.3 Å². The van der Waals surface area contributed by atoms with Gasteiger partial charge in [0.1, 0.15) is 41.7 Å². The second kappa shape index (κ2) is 14.1. The summed E-state index contributed by atoms with van der Waals surface area (Å²) >= 11 is 0. The van der Waals surface area contributed by atoms with Gasteiger partial charge in [0.05, 0.1) is 5.56 Å². The van der Waals surface area contributed by atoms with Gasteiger partial charge in [-0.3, -0.25) is 0 Å². The SMILES string of the molecule is CCC(Nc1cc(C)c(C#N)c(NC(CC)OC(C)Oc2ccccc2)n1)OC(C)Oc1ccccc1. The molecule has 8 nitrogen and oxygen atoms in total. The first kappa shape index (κ1) is 27.8. The number of anilines is 2. The molecule has 196 valence electrons. The predicted octanol–water partition coefficient (Wildman–Crippen LogP) is 6.44. The third-order valence-corrected chi connectivity index (χ3v) is 5.48. The molecule has 1 heterocycles. The van der Waals surface area contributed by atoms with E-state index in [-0.39, 0.29) is 6.23 Å². The summed E-state index contributed by atoms with van der Waals surface area (Å²) in [6, 6.07) is 23.1. The van der Waals surface area contributed by atoms with Crippen LogP contribution < -0.4 is 20.1 Å². The zero-order chi connectivity index (χ0) is 26.6. The van der Waals surface area contributed by atoms with Gasteiger partial charge in [-0.1, -0.05) is 50.2 Å². The highest BCUT2D eigenvalue weighted by molar-refractivity contribution is 5.61. The Bertz CT molecular complexity index is 1140. The standard InChI is InChI=1S/C29H36N4O4/c1-6-27(36-21(4)34-23-14-10-8-11-15-23)31-26-18-20(3)25(19-30)29(32-26)33-28(7-2)37-22(5)35-24-16-12-9-13-17-24/h8-18,21-22,27-28H,6-7H2,1-5H3,(H2,31,32,33).